The standard InChI is InChI=1S/C26H32N4O6/c1-17(2)13-21(30-26(35)36-16-19-11-7-4-8-12-19)24(33)29-20(14-22(27)31)23(32)25(34)28-15-18-9-5-3-6-10-18/h3-12,17,20-21H,13-16H2,1-2H3,(H2,27,31)(H,28,34)(H,29,33)(H,30,35)/t20-,21-/m0/s1. The number of ether oxygens (including phenoxy) is 1. The predicted molar refractivity (Wildman–Crippen MR) is 132 cm³/mol. The summed E-state index contributed by atoms with van der Waals surface area (Å²) in [6, 6.07) is 15.4. The summed E-state index contributed by atoms with van der Waals surface area (Å²) < 4.78 is 5.18. The first-order valence-electron chi connectivity index (χ1n) is 11.6. The predicted octanol–water partition coefficient (Wildman–Crippen LogP) is 1.57. The van der Waals surface area contributed by atoms with Crippen LogP contribution in [0.4, 0.5) is 4.79 Å². The maximum absolute atomic E-state index is 13.0. The van der Waals surface area contributed by atoms with E-state index in [2.05, 4.69) is 16.0 Å². The van der Waals surface area contributed by atoms with Gasteiger partial charge in [0.25, 0.3) is 5.91 Å². The molecular weight excluding hydrogens is 464 g/mol. The van der Waals surface area contributed by atoms with Crippen LogP contribution in [0.15, 0.2) is 60.7 Å². The number of Topliss-reactive ketones (excluding diaryl/α,β-unsaturated/α-hetero) is 1. The van der Waals surface area contributed by atoms with Gasteiger partial charge < -0.3 is 26.4 Å². The number of alkyl carbamates (subject to hydrolysis) is 1. The normalized spacial score (nSPS) is 12.2. The molecule has 2 aromatic rings. The van der Waals surface area contributed by atoms with Crippen molar-refractivity contribution in [1.29, 1.82) is 0 Å². The van der Waals surface area contributed by atoms with Gasteiger partial charge >= 0.3 is 6.09 Å². The first-order valence-corrected chi connectivity index (χ1v) is 11.6. The second-order valence-electron chi connectivity index (χ2n) is 8.65. The van der Waals surface area contributed by atoms with Gasteiger partial charge in [0.15, 0.2) is 0 Å². The highest BCUT2D eigenvalue weighted by Gasteiger charge is 2.31. The number of rotatable bonds is 13. The zero-order valence-corrected chi connectivity index (χ0v) is 20.4. The molecule has 2 aromatic carbocycles. The topological polar surface area (TPSA) is 157 Å². The molecule has 36 heavy (non-hydrogen) atoms. The number of carbonyl (C=O) groups is 5. The lowest BCUT2D eigenvalue weighted by Crippen LogP contribution is -2.55. The highest BCUT2D eigenvalue weighted by molar-refractivity contribution is 6.38. The fraction of sp³-hybridized carbons (Fsp3) is 0.346. The van der Waals surface area contributed by atoms with E-state index in [0.717, 1.165) is 11.1 Å². The molecule has 0 saturated heterocycles. The fourth-order valence-corrected chi connectivity index (χ4v) is 3.32. The number of hydrogen-bond donors (Lipinski definition) is 4. The Hall–Kier alpha value is -4.21. The Kier molecular flexibility index (Phi) is 11.1. The summed E-state index contributed by atoms with van der Waals surface area (Å²) in [7, 11) is 0. The molecule has 0 radical (unpaired) electrons. The Morgan fingerprint density at radius 2 is 1.42 bits per heavy atom. The van der Waals surface area contributed by atoms with E-state index in [9.17, 15) is 24.0 Å². The Bertz CT molecular complexity index is 1040. The number of benzene rings is 2. The first kappa shape index (κ1) is 28.0. The van der Waals surface area contributed by atoms with Gasteiger partial charge in [0.05, 0.1) is 6.42 Å². The van der Waals surface area contributed by atoms with Crippen LogP contribution in [0.1, 0.15) is 37.8 Å². The van der Waals surface area contributed by atoms with E-state index in [-0.39, 0.29) is 25.5 Å². The van der Waals surface area contributed by atoms with Gasteiger partial charge in [-0.25, -0.2) is 4.79 Å². The summed E-state index contributed by atoms with van der Waals surface area (Å²) in [5, 5.41) is 7.35. The van der Waals surface area contributed by atoms with Crippen molar-refractivity contribution in [2.75, 3.05) is 0 Å². The smallest absolute Gasteiger partial charge is 0.408 e. The molecule has 0 spiro atoms. The van der Waals surface area contributed by atoms with E-state index in [1.807, 2.05) is 26.0 Å². The van der Waals surface area contributed by atoms with Gasteiger partial charge in [-0.1, -0.05) is 74.5 Å². The molecule has 0 unspecified atom stereocenters. The summed E-state index contributed by atoms with van der Waals surface area (Å²) in [6.07, 6.45) is -1.17. The maximum Gasteiger partial charge on any atom is 0.408 e. The van der Waals surface area contributed by atoms with Crippen molar-refractivity contribution < 1.29 is 28.7 Å². The average molecular weight is 497 g/mol. The third-order valence-corrected chi connectivity index (χ3v) is 5.09. The van der Waals surface area contributed by atoms with Gasteiger partial charge in [-0.2, -0.15) is 0 Å². The number of carbonyl (C=O) groups excluding carboxylic acids is 5. The molecule has 10 heteroatoms. The largest absolute Gasteiger partial charge is 0.445 e. The molecule has 2 atom stereocenters. The van der Waals surface area contributed by atoms with Gasteiger partial charge in [-0.3, -0.25) is 19.2 Å². The summed E-state index contributed by atoms with van der Waals surface area (Å²) >= 11 is 0. The number of hydrogen-bond acceptors (Lipinski definition) is 6. The van der Waals surface area contributed by atoms with Crippen molar-refractivity contribution in [1.82, 2.24) is 16.0 Å². The third-order valence-electron chi connectivity index (χ3n) is 5.09. The molecule has 0 aliphatic carbocycles. The van der Waals surface area contributed by atoms with E-state index in [1.165, 1.54) is 0 Å². The number of nitrogens with one attached hydrogen (secondary N) is 3. The lowest BCUT2D eigenvalue weighted by atomic mass is 10.0. The van der Waals surface area contributed by atoms with Crippen LogP contribution in [0, 0.1) is 5.92 Å². The minimum Gasteiger partial charge on any atom is -0.445 e. The molecule has 0 heterocycles. The van der Waals surface area contributed by atoms with Gasteiger partial charge in [-0.15, -0.1) is 0 Å². The molecule has 192 valence electrons. The number of ketones is 1. The van der Waals surface area contributed by atoms with E-state index < -0.39 is 48.1 Å². The van der Waals surface area contributed by atoms with E-state index in [1.54, 1.807) is 48.5 Å². The molecule has 0 aliphatic heterocycles. The highest BCUT2D eigenvalue weighted by Crippen LogP contribution is 2.08. The van der Waals surface area contributed by atoms with Crippen molar-refractivity contribution in [2.24, 2.45) is 11.7 Å². The van der Waals surface area contributed by atoms with Crippen molar-refractivity contribution in [2.45, 2.75) is 51.9 Å². The number of amides is 4. The van der Waals surface area contributed by atoms with Gasteiger partial charge in [0.2, 0.25) is 17.6 Å². The molecule has 0 bridgehead atoms. The second kappa shape index (κ2) is 14.2. The molecule has 0 saturated carbocycles. The molecule has 5 N–H and O–H groups in total. The Labute approximate surface area is 210 Å². The SMILES string of the molecule is CC(C)C[C@H](NC(=O)OCc1ccccc1)C(=O)N[C@@H](CC(N)=O)C(=O)C(=O)NCc1ccccc1. The average Bonchev–Trinajstić information content (AvgIpc) is 2.85. The van der Waals surface area contributed by atoms with Crippen LogP contribution in [0.2, 0.25) is 0 Å². The van der Waals surface area contributed by atoms with Crippen molar-refractivity contribution in [3.05, 3.63) is 71.8 Å². The minimum atomic E-state index is -1.48. The Morgan fingerprint density at radius 1 is 0.833 bits per heavy atom. The third kappa shape index (κ3) is 9.96. The van der Waals surface area contributed by atoms with Crippen LogP contribution in [0.3, 0.4) is 0 Å². The molecule has 10 nitrogen and oxygen atoms in total. The van der Waals surface area contributed by atoms with Crippen LogP contribution in [-0.4, -0.2) is 41.7 Å². The molecular formula is C26H32N4O6. The van der Waals surface area contributed by atoms with Crippen LogP contribution in [0.25, 0.3) is 0 Å². The van der Waals surface area contributed by atoms with Gasteiger partial charge in [0.1, 0.15) is 18.7 Å². The first-order chi connectivity index (χ1) is 17.2. The van der Waals surface area contributed by atoms with Crippen LogP contribution in [-0.2, 0) is 37.1 Å². The van der Waals surface area contributed by atoms with Crippen molar-refractivity contribution in [3.8, 4) is 0 Å². The zero-order valence-electron chi connectivity index (χ0n) is 20.4. The van der Waals surface area contributed by atoms with E-state index >= 15 is 0 Å². The molecule has 0 aromatic heterocycles. The lowest BCUT2D eigenvalue weighted by Gasteiger charge is -2.23. The van der Waals surface area contributed by atoms with Gasteiger partial charge in [-0.05, 0) is 23.5 Å². The van der Waals surface area contributed by atoms with E-state index in [0.29, 0.717) is 0 Å². The summed E-state index contributed by atoms with van der Waals surface area (Å²) in [5.41, 5.74) is 6.78. The van der Waals surface area contributed by atoms with Crippen LogP contribution in [0.5, 0.6) is 0 Å². The van der Waals surface area contributed by atoms with Crippen LogP contribution >= 0.6 is 0 Å². The number of primary amides is 1. The second-order valence-corrected chi connectivity index (χ2v) is 8.65. The zero-order chi connectivity index (χ0) is 26.5. The van der Waals surface area contributed by atoms with Crippen molar-refractivity contribution in [3.63, 3.8) is 0 Å². The monoisotopic (exact) mass is 496 g/mol. The Morgan fingerprint density at radius 3 is 1.97 bits per heavy atom. The molecule has 4 amide bonds. The van der Waals surface area contributed by atoms with Crippen LogP contribution < -0.4 is 21.7 Å². The number of nitrogens with two attached hydrogens (primary N) is 1. The Balaban J connectivity index is 2.02. The molecule has 0 aliphatic rings. The summed E-state index contributed by atoms with van der Waals surface area (Å²) in [6.45, 7) is 3.79. The maximum atomic E-state index is 13.0. The summed E-state index contributed by atoms with van der Waals surface area (Å²) in [4.78, 5) is 62.0. The lowest BCUT2D eigenvalue weighted by molar-refractivity contribution is -0.141. The molecule has 2 rings (SSSR count). The van der Waals surface area contributed by atoms with Gasteiger partial charge in [0, 0.05) is 6.54 Å². The fourth-order valence-electron chi connectivity index (χ4n) is 3.32. The summed E-state index contributed by atoms with van der Waals surface area (Å²) in [5.74, 6) is -3.61. The molecule has 0 fully saturated rings. The quantitative estimate of drug-likeness (QED) is 0.308. The van der Waals surface area contributed by atoms with Crippen molar-refractivity contribution >= 4 is 29.6 Å². The van der Waals surface area contributed by atoms with E-state index in [4.69, 9.17) is 10.5 Å². The highest BCUT2D eigenvalue weighted by atomic mass is 16.5. The minimum absolute atomic E-state index is 0.00497.